The second-order valence-electron chi connectivity index (χ2n) is 2.68. The SMILES string of the molecule is Cn1cc(NCC(=O)O)c(N)nc1=S. The van der Waals surface area contributed by atoms with Gasteiger partial charge in [-0.3, -0.25) is 4.79 Å². The van der Waals surface area contributed by atoms with E-state index < -0.39 is 5.97 Å². The summed E-state index contributed by atoms with van der Waals surface area (Å²) in [5.74, 6) is -0.760. The van der Waals surface area contributed by atoms with Crippen LogP contribution in [0.3, 0.4) is 0 Å². The Bertz CT molecular complexity index is 415. The first kappa shape index (κ1) is 10.5. The molecule has 0 aliphatic heterocycles. The Balaban J connectivity index is 2.92. The van der Waals surface area contributed by atoms with Crippen LogP contribution in [-0.2, 0) is 11.8 Å². The van der Waals surface area contributed by atoms with Gasteiger partial charge < -0.3 is 20.7 Å². The highest BCUT2D eigenvalue weighted by Crippen LogP contribution is 2.13. The van der Waals surface area contributed by atoms with Crippen LogP contribution in [0.25, 0.3) is 0 Å². The van der Waals surface area contributed by atoms with Crippen LogP contribution < -0.4 is 11.1 Å². The summed E-state index contributed by atoms with van der Waals surface area (Å²) in [6.07, 6.45) is 1.60. The predicted molar refractivity (Wildman–Crippen MR) is 54.6 cm³/mol. The first-order valence-electron chi connectivity index (χ1n) is 3.79. The van der Waals surface area contributed by atoms with E-state index in [2.05, 4.69) is 10.3 Å². The third kappa shape index (κ3) is 2.43. The molecule has 0 atom stereocenters. The molecule has 0 bridgehead atoms. The zero-order valence-electron chi connectivity index (χ0n) is 7.52. The van der Waals surface area contributed by atoms with Crippen LogP contribution in [-0.4, -0.2) is 27.2 Å². The van der Waals surface area contributed by atoms with Crippen molar-refractivity contribution in [1.29, 1.82) is 0 Å². The average molecular weight is 214 g/mol. The van der Waals surface area contributed by atoms with E-state index in [-0.39, 0.29) is 12.4 Å². The number of carbonyl (C=O) groups is 1. The van der Waals surface area contributed by atoms with Gasteiger partial charge in [-0.05, 0) is 12.2 Å². The molecule has 1 aromatic rings. The number of rotatable bonds is 3. The molecular formula is C7H10N4O2S. The third-order valence-corrected chi connectivity index (χ3v) is 1.93. The molecule has 7 heteroatoms. The Morgan fingerprint density at radius 3 is 3.07 bits per heavy atom. The first-order valence-corrected chi connectivity index (χ1v) is 4.20. The quantitative estimate of drug-likeness (QED) is 0.624. The van der Waals surface area contributed by atoms with Gasteiger partial charge in [-0.15, -0.1) is 0 Å². The maximum absolute atomic E-state index is 10.3. The smallest absolute Gasteiger partial charge is 0.322 e. The molecule has 0 aliphatic rings. The van der Waals surface area contributed by atoms with Gasteiger partial charge in [0.25, 0.3) is 0 Å². The highest BCUT2D eigenvalue weighted by molar-refractivity contribution is 7.71. The number of aromatic nitrogens is 2. The van der Waals surface area contributed by atoms with Crippen molar-refractivity contribution < 1.29 is 9.90 Å². The second kappa shape index (κ2) is 4.05. The van der Waals surface area contributed by atoms with Crippen LogP contribution in [0.2, 0.25) is 0 Å². The van der Waals surface area contributed by atoms with Gasteiger partial charge in [0, 0.05) is 13.2 Å². The number of nitrogen functional groups attached to an aromatic ring is 1. The summed E-state index contributed by atoms with van der Waals surface area (Å²) in [6.45, 7) is -0.206. The summed E-state index contributed by atoms with van der Waals surface area (Å²) in [4.78, 5) is 14.1. The Morgan fingerprint density at radius 2 is 2.50 bits per heavy atom. The zero-order valence-corrected chi connectivity index (χ0v) is 8.34. The molecule has 76 valence electrons. The molecule has 6 nitrogen and oxygen atoms in total. The van der Waals surface area contributed by atoms with Crippen molar-refractivity contribution in [3.63, 3.8) is 0 Å². The minimum absolute atomic E-state index is 0.203. The summed E-state index contributed by atoms with van der Waals surface area (Å²) in [5.41, 5.74) is 5.99. The molecule has 14 heavy (non-hydrogen) atoms. The second-order valence-corrected chi connectivity index (χ2v) is 3.05. The van der Waals surface area contributed by atoms with Crippen LogP contribution >= 0.6 is 12.2 Å². The number of nitrogens with one attached hydrogen (secondary N) is 1. The number of aryl methyl sites for hydroxylation is 1. The van der Waals surface area contributed by atoms with Gasteiger partial charge in [0.1, 0.15) is 6.54 Å². The third-order valence-electron chi connectivity index (χ3n) is 1.55. The molecule has 1 rings (SSSR count). The van der Waals surface area contributed by atoms with Crippen molar-refractivity contribution in [2.45, 2.75) is 0 Å². The summed E-state index contributed by atoms with van der Waals surface area (Å²) in [6, 6.07) is 0. The number of anilines is 2. The monoisotopic (exact) mass is 214 g/mol. The molecule has 0 saturated heterocycles. The van der Waals surface area contributed by atoms with E-state index in [0.717, 1.165) is 0 Å². The summed E-state index contributed by atoms with van der Waals surface area (Å²) in [7, 11) is 1.71. The van der Waals surface area contributed by atoms with Gasteiger partial charge in [0.05, 0.1) is 5.69 Å². The summed E-state index contributed by atoms with van der Waals surface area (Å²) in [5, 5.41) is 11.1. The Labute approximate surface area is 85.4 Å². The zero-order chi connectivity index (χ0) is 10.7. The van der Waals surface area contributed by atoms with E-state index in [4.69, 9.17) is 23.1 Å². The first-order chi connectivity index (χ1) is 6.50. The fourth-order valence-corrected chi connectivity index (χ4v) is 1.02. The number of nitrogens with two attached hydrogens (primary N) is 1. The van der Waals surface area contributed by atoms with Gasteiger partial charge in [0.2, 0.25) is 4.77 Å². The lowest BCUT2D eigenvalue weighted by Gasteiger charge is -2.08. The van der Waals surface area contributed by atoms with Crippen LogP contribution in [0.1, 0.15) is 0 Å². The topological polar surface area (TPSA) is 93.2 Å². The Morgan fingerprint density at radius 1 is 1.86 bits per heavy atom. The van der Waals surface area contributed by atoms with E-state index in [0.29, 0.717) is 10.5 Å². The van der Waals surface area contributed by atoms with E-state index in [1.807, 2.05) is 0 Å². The fraction of sp³-hybridized carbons (Fsp3) is 0.286. The van der Waals surface area contributed by atoms with E-state index >= 15 is 0 Å². The molecule has 0 unspecified atom stereocenters. The molecule has 0 saturated carbocycles. The van der Waals surface area contributed by atoms with Crippen LogP contribution in [0, 0.1) is 4.77 Å². The van der Waals surface area contributed by atoms with Gasteiger partial charge >= 0.3 is 5.97 Å². The normalized spacial score (nSPS) is 9.79. The minimum atomic E-state index is -0.963. The number of aliphatic carboxylic acids is 1. The maximum atomic E-state index is 10.3. The molecule has 0 fully saturated rings. The van der Waals surface area contributed by atoms with Crippen LogP contribution in [0.5, 0.6) is 0 Å². The van der Waals surface area contributed by atoms with Crippen molar-refractivity contribution in [2.75, 3.05) is 17.6 Å². The Hall–Kier alpha value is -1.63. The van der Waals surface area contributed by atoms with Gasteiger partial charge in [-0.25, -0.2) is 4.98 Å². The lowest BCUT2D eigenvalue weighted by Crippen LogP contribution is -2.15. The highest BCUT2D eigenvalue weighted by atomic mass is 32.1. The maximum Gasteiger partial charge on any atom is 0.322 e. The fourth-order valence-electron chi connectivity index (χ4n) is 0.864. The molecule has 0 radical (unpaired) electrons. The van der Waals surface area contributed by atoms with Crippen LogP contribution in [0.4, 0.5) is 11.5 Å². The molecule has 0 amide bonds. The molecule has 0 aliphatic carbocycles. The molecular weight excluding hydrogens is 204 g/mol. The lowest BCUT2D eigenvalue weighted by atomic mass is 10.4. The predicted octanol–water partition coefficient (Wildman–Crippen LogP) is 0.228. The van der Waals surface area contributed by atoms with Gasteiger partial charge in [-0.1, -0.05) is 0 Å². The number of nitrogens with zero attached hydrogens (tertiary/aromatic N) is 2. The number of hydrogen-bond donors (Lipinski definition) is 3. The van der Waals surface area contributed by atoms with Crippen molar-refractivity contribution in [2.24, 2.45) is 7.05 Å². The van der Waals surface area contributed by atoms with Crippen molar-refractivity contribution in [1.82, 2.24) is 9.55 Å². The van der Waals surface area contributed by atoms with E-state index in [1.165, 1.54) is 0 Å². The number of carboxylic acids is 1. The van der Waals surface area contributed by atoms with E-state index in [1.54, 1.807) is 17.8 Å². The Kier molecular flexibility index (Phi) is 3.03. The minimum Gasteiger partial charge on any atom is -0.480 e. The summed E-state index contributed by atoms with van der Waals surface area (Å²) >= 11 is 4.86. The average Bonchev–Trinajstić information content (AvgIpc) is 2.09. The van der Waals surface area contributed by atoms with Crippen molar-refractivity contribution in [3.8, 4) is 0 Å². The van der Waals surface area contributed by atoms with Crippen molar-refractivity contribution in [3.05, 3.63) is 11.0 Å². The largest absolute Gasteiger partial charge is 0.480 e. The van der Waals surface area contributed by atoms with Crippen LogP contribution in [0.15, 0.2) is 6.20 Å². The standard InChI is InChI=1S/C7H10N4O2S/c1-11-3-4(9-2-5(12)13)6(8)10-7(11)14/h3,9H,2H2,1H3,(H,12,13)(H2,8,10,14). The number of hydrogen-bond acceptors (Lipinski definition) is 5. The van der Waals surface area contributed by atoms with E-state index in [9.17, 15) is 4.79 Å². The molecule has 1 aromatic heterocycles. The van der Waals surface area contributed by atoms with Gasteiger partial charge in [-0.2, -0.15) is 0 Å². The summed E-state index contributed by atoms with van der Waals surface area (Å²) < 4.78 is 1.93. The number of carboxylic acid groups (broad SMARTS) is 1. The highest BCUT2D eigenvalue weighted by Gasteiger charge is 2.03. The molecule has 1 heterocycles. The molecule has 0 aromatic carbocycles. The molecule has 4 N–H and O–H groups in total. The lowest BCUT2D eigenvalue weighted by molar-refractivity contribution is -0.134. The molecule has 0 spiro atoms. The van der Waals surface area contributed by atoms with Crippen molar-refractivity contribution >= 4 is 29.7 Å². The van der Waals surface area contributed by atoms with Gasteiger partial charge in [0.15, 0.2) is 5.82 Å².